The van der Waals surface area contributed by atoms with Crippen LogP contribution in [-0.4, -0.2) is 28.8 Å². The van der Waals surface area contributed by atoms with E-state index in [1.165, 1.54) is 6.33 Å². The van der Waals surface area contributed by atoms with Gasteiger partial charge < -0.3 is 0 Å². The summed E-state index contributed by atoms with van der Waals surface area (Å²) in [5, 5.41) is 6.14. The number of aromatic amines is 1. The molecule has 1 aliphatic rings. The predicted octanol–water partition coefficient (Wildman–Crippen LogP) is 1.12. The fraction of sp³-hybridized carbons (Fsp3) is 0.800. The van der Waals surface area contributed by atoms with Gasteiger partial charge in [0, 0.05) is 0 Å². The van der Waals surface area contributed by atoms with E-state index in [0.29, 0.717) is 5.82 Å². The van der Waals surface area contributed by atoms with Gasteiger partial charge in [-0.2, -0.15) is 5.10 Å². The SMILES string of the molecule is CC(NS(=O)(=O)C1CCCCC1)c1ncn[nH]1. The highest BCUT2D eigenvalue weighted by Crippen LogP contribution is 2.24. The van der Waals surface area contributed by atoms with E-state index in [2.05, 4.69) is 19.9 Å². The summed E-state index contributed by atoms with van der Waals surface area (Å²) in [4.78, 5) is 3.95. The molecule has 1 saturated carbocycles. The van der Waals surface area contributed by atoms with E-state index in [1.54, 1.807) is 6.92 Å². The molecule has 0 bridgehead atoms. The van der Waals surface area contributed by atoms with Crippen molar-refractivity contribution in [3.8, 4) is 0 Å². The van der Waals surface area contributed by atoms with E-state index in [9.17, 15) is 8.42 Å². The summed E-state index contributed by atoms with van der Waals surface area (Å²) in [6.45, 7) is 1.76. The Morgan fingerprint density at radius 3 is 2.71 bits per heavy atom. The molecule has 1 aromatic rings. The first-order chi connectivity index (χ1) is 8.09. The zero-order chi connectivity index (χ0) is 12.3. The molecule has 1 atom stereocenters. The molecular weight excluding hydrogens is 240 g/mol. The van der Waals surface area contributed by atoms with E-state index in [1.807, 2.05) is 0 Å². The van der Waals surface area contributed by atoms with Crippen LogP contribution in [-0.2, 0) is 10.0 Å². The second-order valence-electron chi connectivity index (χ2n) is 4.52. The summed E-state index contributed by atoms with van der Waals surface area (Å²) in [6.07, 6.45) is 6.05. The fourth-order valence-corrected chi connectivity index (χ4v) is 3.95. The van der Waals surface area contributed by atoms with Crippen molar-refractivity contribution in [2.45, 2.75) is 50.3 Å². The molecule has 17 heavy (non-hydrogen) atoms. The molecule has 1 fully saturated rings. The summed E-state index contributed by atoms with van der Waals surface area (Å²) in [5.74, 6) is 0.546. The maximum atomic E-state index is 12.1. The van der Waals surface area contributed by atoms with Crippen molar-refractivity contribution < 1.29 is 8.42 Å². The predicted molar refractivity (Wildman–Crippen MR) is 63.7 cm³/mol. The zero-order valence-corrected chi connectivity index (χ0v) is 10.7. The summed E-state index contributed by atoms with van der Waals surface area (Å²) >= 11 is 0. The maximum absolute atomic E-state index is 12.1. The van der Waals surface area contributed by atoms with Crippen LogP contribution in [0.3, 0.4) is 0 Å². The minimum Gasteiger partial charge on any atom is -0.262 e. The van der Waals surface area contributed by atoms with Gasteiger partial charge in [0.15, 0.2) is 0 Å². The number of H-pyrrole nitrogens is 1. The monoisotopic (exact) mass is 258 g/mol. The van der Waals surface area contributed by atoms with E-state index in [-0.39, 0.29) is 11.3 Å². The summed E-state index contributed by atoms with van der Waals surface area (Å²) in [5.41, 5.74) is 0. The number of sulfonamides is 1. The van der Waals surface area contributed by atoms with Gasteiger partial charge in [0.05, 0.1) is 11.3 Å². The van der Waals surface area contributed by atoms with Crippen LogP contribution < -0.4 is 4.72 Å². The highest BCUT2D eigenvalue weighted by atomic mass is 32.2. The van der Waals surface area contributed by atoms with Crippen LogP contribution in [0, 0.1) is 0 Å². The number of hydrogen-bond acceptors (Lipinski definition) is 4. The minimum atomic E-state index is -3.25. The third-order valence-corrected chi connectivity index (χ3v) is 5.21. The highest BCUT2D eigenvalue weighted by molar-refractivity contribution is 7.90. The Bertz CT molecular complexity index is 437. The second kappa shape index (κ2) is 5.14. The fourth-order valence-electron chi connectivity index (χ4n) is 2.20. The van der Waals surface area contributed by atoms with Gasteiger partial charge in [-0.3, -0.25) is 5.10 Å². The number of hydrogen-bond donors (Lipinski definition) is 2. The molecule has 7 heteroatoms. The van der Waals surface area contributed by atoms with Gasteiger partial charge in [0.2, 0.25) is 10.0 Å². The Morgan fingerprint density at radius 2 is 2.12 bits per heavy atom. The molecule has 1 unspecified atom stereocenters. The summed E-state index contributed by atoms with van der Waals surface area (Å²) in [7, 11) is -3.25. The number of rotatable bonds is 4. The van der Waals surface area contributed by atoms with Crippen LogP contribution in [0.25, 0.3) is 0 Å². The molecule has 6 nitrogen and oxygen atoms in total. The average molecular weight is 258 g/mol. The largest absolute Gasteiger partial charge is 0.262 e. The van der Waals surface area contributed by atoms with Crippen molar-refractivity contribution in [2.75, 3.05) is 0 Å². The molecule has 0 aliphatic heterocycles. The molecule has 2 N–H and O–H groups in total. The number of nitrogens with one attached hydrogen (secondary N) is 2. The smallest absolute Gasteiger partial charge is 0.215 e. The molecule has 0 saturated heterocycles. The first-order valence-corrected chi connectivity index (χ1v) is 7.50. The van der Waals surface area contributed by atoms with Gasteiger partial charge in [0.1, 0.15) is 12.2 Å². The Kier molecular flexibility index (Phi) is 3.78. The Morgan fingerprint density at radius 1 is 1.41 bits per heavy atom. The maximum Gasteiger partial charge on any atom is 0.215 e. The Labute approximate surface area is 101 Å². The second-order valence-corrected chi connectivity index (χ2v) is 6.51. The normalized spacial score (nSPS) is 20.3. The van der Waals surface area contributed by atoms with E-state index in [4.69, 9.17) is 0 Å². The molecule has 96 valence electrons. The topological polar surface area (TPSA) is 87.7 Å². The lowest BCUT2D eigenvalue weighted by molar-refractivity contribution is 0.471. The summed E-state index contributed by atoms with van der Waals surface area (Å²) < 4.78 is 26.9. The van der Waals surface area contributed by atoms with Crippen molar-refractivity contribution in [1.29, 1.82) is 0 Å². The van der Waals surface area contributed by atoms with Crippen molar-refractivity contribution >= 4 is 10.0 Å². The lowest BCUT2D eigenvalue weighted by Crippen LogP contribution is -2.37. The Balaban J connectivity index is 2.01. The van der Waals surface area contributed by atoms with Gasteiger partial charge in [-0.25, -0.2) is 18.1 Å². The van der Waals surface area contributed by atoms with Gasteiger partial charge in [0.25, 0.3) is 0 Å². The number of aromatic nitrogens is 3. The van der Waals surface area contributed by atoms with E-state index < -0.39 is 10.0 Å². The third-order valence-electron chi connectivity index (χ3n) is 3.18. The van der Waals surface area contributed by atoms with Crippen LogP contribution >= 0.6 is 0 Å². The lowest BCUT2D eigenvalue weighted by atomic mass is 10.0. The summed E-state index contributed by atoms with van der Waals surface area (Å²) in [6, 6.07) is -0.357. The van der Waals surface area contributed by atoms with Crippen LogP contribution in [0.2, 0.25) is 0 Å². The zero-order valence-electron chi connectivity index (χ0n) is 9.89. The van der Waals surface area contributed by atoms with Crippen molar-refractivity contribution in [1.82, 2.24) is 19.9 Å². The molecule has 1 aliphatic carbocycles. The molecule has 0 radical (unpaired) electrons. The quantitative estimate of drug-likeness (QED) is 0.847. The molecule has 1 aromatic heterocycles. The molecule has 0 spiro atoms. The van der Waals surface area contributed by atoms with Crippen LogP contribution in [0.15, 0.2) is 6.33 Å². The average Bonchev–Trinajstić information content (AvgIpc) is 2.83. The number of nitrogens with zero attached hydrogens (tertiary/aromatic N) is 2. The first kappa shape index (κ1) is 12.5. The van der Waals surface area contributed by atoms with Gasteiger partial charge in [-0.1, -0.05) is 19.3 Å². The van der Waals surface area contributed by atoms with Gasteiger partial charge in [-0.05, 0) is 19.8 Å². The van der Waals surface area contributed by atoms with Crippen LogP contribution in [0.1, 0.15) is 50.9 Å². The minimum absolute atomic E-state index is 0.248. The van der Waals surface area contributed by atoms with Crippen molar-refractivity contribution in [3.63, 3.8) is 0 Å². The van der Waals surface area contributed by atoms with E-state index in [0.717, 1.165) is 32.1 Å². The molecular formula is C10H18N4O2S. The standard InChI is InChI=1S/C10H18N4O2S/c1-8(10-11-7-12-13-10)14-17(15,16)9-5-3-2-4-6-9/h7-9,14H,2-6H2,1H3,(H,11,12,13). The molecule has 1 heterocycles. The Hall–Kier alpha value is -0.950. The van der Waals surface area contributed by atoms with Crippen molar-refractivity contribution in [3.05, 3.63) is 12.2 Å². The highest BCUT2D eigenvalue weighted by Gasteiger charge is 2.29. The molecule has 0 aromatic carbocycles. The van der Waals surface area contributed by atoms with Crippen LogP contribution in [0.5, 0.6) is 0 Å². The molecule has 0 amide bonds. The first-order valence-electron chi connectivity index (χ1n) is 5.96. The van der Waals surface area contributed by atoms with Gasteiger partial charge in [-0.15, -0.1) is 0 Å². The van der Waals surface area contributed by atoms with Crippen molar-refractivity contribution in [2.24, 2.45) is 0 Å². The third kappa shape index (κ3) is 3.04. The molecule has 2 rings (SSSR count). The van der Waals surface area contributed by atoms with E-state index >= 15 is 0 Å². The van der Waals surface area contributed by atoms with Gasteiger partial charge >= 0.3 is 0 Å². The lowest BCUT2D eigenvalue weighted by Gasteiger charge is -2.23. The van der Waals surface area contributed by atoms with Crippen LogP contribution in [0.4, 0.5) is 0 Å².